The zero-order valence-electron chi connectivity index (χ0n) is 16.2. The standard InChI is InChI=1S/C24H19FN2O3/c1-27(14-24(29)30)23-13-20(16-2-7-18(25)8-3-16)21-12-17(6-11-22(21)26-23)15-4-9-19(28)10-5-15/h2-13,28H,14H2,1H3,(H,29,30). The Balaban J connectivity index is 1.91. The van der Waals surface area contributed by atoms with Crippen LogP contribution in [-0.2, 0) is 4.79 Å². The third-order valence-electron chi connectivity index (χ3n) is 4.91. The van der Waals surface area contributed by atoms with Gasteiger partial charge in [-0.25, -0.2) is 9.37 Å². The summed E-state index contributed by atoms with van der Waals surface area (Å²) < 4.78 is 13.5. The van der Waals surface area contributed by atoms with E-state index in [1.165, 1.54) is 12.1 Å². The van der Waals surface area contributed by atoms with Gasteiger partial charge in [0.2, 0.25) is 0 Å². The molecule has 150 valence electrons. The summed E-state index contributed by atoms with van der Waals surface area (Å²) in [5, 5.41) is 19.5. The van der Waals surface area contributed by atoms with Crippen LogP contribution in [0.1, 0.15) is 0 Å². The molecule has 30 heavy (non-hydrogen) atoms. The molecule has 1 aromatic heterocycles. The van der Waals surface area contributed by atoms with Gasteiger partial charge < -0.3 is 15.1 Å². The van der Waals surface area contributed by atoms with E-state index in [2.05, 4.69) is 4.98 Å². The number of phenolic OH excluding ortho intramolecular Hbond substituents is 1. The number of fused-ring (bicyclic) bond motifs is 1. The van der Waals surface area contributed by atoms with Gasteiger partial charge >= 0.3 is 5.97 Å². The molecule has 0 radical (unpaired) electrons. The van der Waals surface area contributed by atoms with Crippen molar-refractivity contribution in [3.8, 4) is 28.0 Å². The number of carbonyl (C=O) groups is 1. The normalized spacial score (nSPS) is 10.9. The summed E-state index contributed by atoms with van der Waals surface area (Å²) in [6, 6.07) is 20.7. The predicted molar refractivity (Wildman–Crippen MR) is 115 cm³/mol. The SMILES string of the molecule is CN(CC(=O)O)c1cc(-c2ccc(F)cc2)c2cc(-c3ccc(O)cc3)ccc2n1. The minimum Gasteiger partial charge on any atom is -0.508 e. The number of hydrogen-bond acceptors (Lipinski definition) is 4. The first kappa shape index (κ1) is 19.4. The third-order valence-corrected chi connectivity index (χ3v) is 4.91. The number of carboxylic acid groups (broad SMARTS) is 1. The Hall–Kier alpha value is -3.93. The summed E-state index contributed by atoms with van der Waals surface area (Å²) in [5.41, 5.74) is 4.21. The highest BCUT2D eigenvalue weighted by atomic mass is 19.1. The number of hydrogen-bond donors (Lipinski definition) is 2. The number of aromatic nitrogens is 1. The van der Waals surface area contributed by atoms with Gasteiger partial charge in [-0.2, -0.15) is 0 Å². The molecule has 0 aliphatic carbocycles. The number of nitrogens with zero attached hydrogens (tertiary/aromatic N) is 2. The lowest BCUT2D eigenvalue weighted by molar-refractivity contribution is -0.135. The highest BCUT2D eigenvalue weighted by Crippen LogP contribution is 2.34. The Morgan fingerprint density at radius 2 is 1.57 bits per heavy atom. The van der Waals surface area contributed by atoms with Crippen molar-refractivity contribution in [2.24, 2.45) is 0 Å². The first-order chi connectivity index (χ1) is 14.4. The fraction of sp³-hybridized carbons (Fsp3) is 0.0833. The van der Waals surface area contributed by atoms with Gasteiger partial charge in [-0.05, 0) is 64.7 Å². The number of pyridine rings is 1. The van der Waals surface area contributed by atoms with Gasteiger partial charge in [0.05, 0.1) is 5.52 Å². The second-order valence-electron chi connectivity index (χ2n) is 7.06. The van der Waals surface area contributed by atoms with Crippen molar-refractivity contribution >= 4 is 22.7 Å². The number of anilines is 1. The number of benzene rings is 3. The van der Waals surface area contributed by atoms with Crippen molar-refractivity contribution in [3.63, 3.8) is 0 Å². The van der Waals surface area contributed by atoms with Crippen LogP contribution in [-0.4, -0.2) is 34.8 Å². The Morgan fingerprint density at radius 1 is 0.933 bits per heavy atom. The molecule has 0 aliphatic heterocycles. The number of carboxylic acids is 1. The summed E-state index contributed by atoms with van der Waals surface area (Å²) in [5.74, 6) is -0.573. The predicted octanol–water partition coefficient (Wildman–Crippen LogP) is 4.93. The molecule has 2 N–H and O–H groups in total. The van der Waals surface area contributed by atoms with E-state index in [4.69, 9.17) is 5.11 Å². The highest BCUT2D eigenvalue weighted by Gasteiger charge is 2.14. The molecule has 0 unspecified atom stereocenters. The van der Waals surface area contributed by atoms with Crippen molar-refractivity contribution in [2.75, 3.05) is 18.5 Å². The van der Waals surface area contributed by atoms with Crippen LogP contribution in [0.3, 0.4) is 0 Å². The van der Waals surface area contributed by atoms with Crippen LogP contribution in [0.15, 0.2) is 72.8 Å². The number of rotatable bonds is 5. The monoisotopic (exact) mass is 402 g/mol. The smallest absolute Gasteiger partial charge is 0.323 e. The lowest BCUT2D eigenvalue weighted by Crippen LogP contribution is -2.25. The van der Waals surface area contributed by atoms with Crippen molar-refractivity contribution < 1.29 is 19.4 Å². The molecule has 0 spiro atoms. The Labute approximate surface area is 172 Å². The number of phenols is 1. The molecule has 0 fully saturated rings. The molecule has 4 rings (SSSR count). The fourth-order valence-corrected chi connectivity index (χ4v) is 3.39. The van der Waals surface area contributed by atoms with Crippen LogP contribution in [0.2, 0.25) is 0 Å². The average molecular weight is 402 g/mol. The van der Waals surface area contributed by atoms with Crippen LogP contribution in [0, 0.1) is 5.82 Å². The number of aliphatic carboxylic acids is 1. The topological polar surface area (TPSA) is 73.7 Å². The summed E-state index contributed by atoms with van der Waals surface area (Å²) in [4.78, 5) is 17.3. The van der Waals surface area contributed by atoms with Gasteiger partial charge in [-0.3, -0.25) is 4.79 Å². The second-order valence-corrected chi connectivity index (χ2v) is 7.06. The van der Waals surface area contributed by atoms with E-state index in [9.17, 15) is 14.3 Å². The van der Waals surface area contributed by atoms with Crippen molar-refractivity contribution in [1.82, 2.24) is 4.98 Å². The number of aromatic hydroxyl groups is 1. The fourth-order valence-electron chi connectivity index (χ4n) is 3.39. The molecule has 0 aliphatic rings. The number of likely N-dealkylation sites (N-methyl/N-ethyl adjacent to an activating group) is 1. The Morgan fingerprint density at radius 3 is 2.23 bits per heavy atom. The maximum absolute atomic E-state index is 13.5. The molecule has 0 bridgehead atoms. The minimum absolute atomic E-state index is 0.188. The zero-order chi connectivity index (χ0) is 21.3. The van der Waals surface area contributed by atoms with Crippen molar-refractivity contribution in [3.05, 3.63) is 78.6 Å². The van der Waals surface area contributed by atoms with Gasteiger partial charge in [0.1, 0.15) is 23.9 Å². The van der Waals surface area contributed by atoms with Gasteiger partial charge in [-0.1, -0.05) is 30.3 Å². The van der Waals surface area contributed by atoms with E-state index in [0.29, 0.717) is 11.3 Å². The lowest BCUT2D eigenvalue weighted by atomic mass is 9.97. The summed E-state index contributed by atoms with van der Waals surface area (Å²) in [6.45, 7) is -0.188. The van der Waals surface area contributed by atoms with E-state index in [-0.39, 0.29) is 18.1 Å². The highest BCUT2D eigenvalue weighted by molar-refractivity contribution is 5.98. The molecular weight excluding hydrogens is 383 g/mol. The summed E-state index contributed by atoms with van der Waals surface area (Å²) in [7, 11) is 1.67. The molecule has 0 atom stereocenters. The van der Waals surface area contributed by atoms with Gasteiger partial charge in [0, 0.05) is 12.4 Å². The molecule has 5 nitrogen and oxygen atoms in total. The van der Waals surface area contributed by atoms with E-state index in [0.717, 1.165) is 27.6 Å². The van der Waals surface area contributed by atoms with E-state index >= 15 is 0 Å². The van der Waals surface area contributed by atoms with Gasteiger partial charge in [0.15, 0.2) is 0 Å². The molecule has 0 amide bonds. The van der Waals surface area contributed by atoms with E-state index in [1.807, 2.05) is 36.4 Å². The molecule has 0 saturated carbocycles. The maximum atomic E-state index is 13.5. The summed E-state index contributed by atoms with van der Waals surface area (Å²) >= 11 is 0. The van der Waals surface area contributed by atoms with Crippen LogP contribution < -0.4 is 4.90 Å². The number of halogens is 1. The maximum Gasteiger partial charge on any atom is 0.323 e. The molecule has 0 saturated heterocycles. The lowest BCUT2D eigenvalue weighted by Gasteiger charge is -2.19. The molecule has 1 heterocycles. The van der Waals surface area contributed by atoms with E-state index < -0.39 is 5.97 Å². The van der Waals surface area contributed by atoms with Gasteiger partial charge in [0.25, 0.3) is 0 Å². The van der Waals surface area contributed by atoms with Crippen LogP contribution >= 0.6 is 0 Å². The van der Waals surface area contributed by atoms with Crippen LogP contribution in [0.4, 0.5) is 10.2 Å². The van der Waals surface area contributed by atoms with Crippen LogP contribution in [0.25, 0.3) is 33.2 Å². The van der Waals surface area contributed by atoms with Crippen LogP contribution in [0.5, 0.6) is 5.75 Å². The van der Waals surface area contributed by atoms with Crippen molar-refractivity contribution in [1.29, 1.82) is 0 Å². The molecule has 3 aromatic carbocycles. The average Bonchev–Trinajstić information content (AvgIpc) is 2.73. The first-order valence-corrected chi connectivity index (χ1v) is 9.34. The second kappa shape index (κ2) is 7.83. The molecule has 6 heteroatoms. The van der Waals surface area contributed by atoms with Gasteiger partial charge in [-0.15, -0.1) is 0 Å². The first-order valence-electron chi connectivity index (χ1n) is 9.34. The molecular formula is C24H19FN2O3. The Kier molecular flexibility index (Phi) is 5.06. The quantitative estimate of drug-likeness (QED) is 0.495. The largest absolute Gasteiger partial charge is 0.508 e. The minimum atomic E-state index is -0.953. The molecule has 4 aromatic rings. The van der Waals surface area contributed by atoms with E-state index in [1.54, 1.807) is 36.2 Å². The Bertz CT molecular complexity index is 1220. The zero-order valence-corrected chi connectivity index (χ0v) is 16.2. The third kappa shape index (κ3) is 3.93. The van der Waals surface area contributed by atoms with Crippen molar-refractivity contribution in [2.45, 2.75) is 0 Å². The summed E-state index contributed by atoms with van der Waals surface area (Å²) in [6.07, 6.45) is 0.